The summed E-state index contributed by atoms with van der Waals surface area (Å²) in [5.74, 6) is -0.0305. The number of unbranched alkanes of at least 4 members (excludes halogenated alkanes) is 1. The lowest BCUT2D eigenvalue weighted by atomic mass is 10.0. The Morgan fingerprint density at radius 3 is 2.68 bits per heavy atom. The van der Waals surface area contributed by atoms with Crippen LogP contribution in [0.1, 0.15) is 55.4 Å². The largest absolute Gasteiger partial charge is 0.346 e. The van der Waals surface area contributed by atoms with Crippen molar-refractivity contribution in [3.63, 3.8) is 0 Å². The minimum Gasteiger partial charge on any atom is -0.346 e. The van der Waals surface area contributed by atoms with Gasteiger partial charge in [-0.05, 0) is 50.8 Å². The van der Waals surface area contributed by atoms with Gasteiger partial charge in [0.15, 0.2) is 0 Å². The molecule has 120 valence electrons. The van der Waals surface area contributed by atoms with Crippen molar-refractivity contribution >= 4 is 11.7 Å². The van der Waals surface area contributed by atoms with Crippen LogP contribution < -0.4 is 11.1 Å². The molecule has 1 aliphatic rings. The number of carbonyl (C=O) groups is 2. The summed E-state index contributed by atoms with van der Waals surface area (Å²) in [6, 6.07) is 4.77. The van der Waals surface area contributed by atoms with Crippen molar-refractivity contribution in [2.75, 3.05) is 6.54 Å². The third-order valence-electron chi connectivity index (χ3n) is 4.22. The van der Waals surface area contributed by atoms with Gasteiger partial charge in [-0.2, -0.15) is 0 Å². The van der Waals surface area contributed by atoms with Gasteiger partial charge >= 0.3 is 0 Å². The molecular formula is C17H25N3O2. The summed E-state index contributed by atoms with van der Waals surface area (Å²) < 4.78 is 0. The van der Waals surface area contributed by atoms with Crippen LogP contribution >= 0.6 is 0 Å². The predicted octanol–water partition coefficient (Wildman–Crippen LogP) is 2.07. The summed E-state index contributed by atoms with van der Waals surface area (Å²) in [6.07, 6.45) is 7.95. The van der Waals surface area contributed by atoms with Crippen molar-refractivity contribution in [1.82, 2.24) is 10.3 Å². The van der Waals surface area contributed by atoms with Crippen LogP contribution in [0.25, 0.3) is 0 Å². The van der Waals surface area contributed by atoms with Crippen LogP contribution in [0, 0.1) is 5.92 Å². The first-order valence-electron chi connectivity index (χ1n) is 8.18. The van der Waals surface area contributed by atoms with E-state index in [0.29, 0.717) is 18.7 Å². The first kappa shape index (κ1) is 16.6. The molecule has 1 aliphatic carbocycles. The van der Waals surface area contributed by atoms with Crippen LogP contribution in [-0.4, -0.2) is 29.3 Å². The highest BCUT2D eigenvalue weighted by Crippen LogP contribution is 2.25. The summed E-state index contributed by atoms with van der Waals surface area (Å²) in [5, 5.41) is 2.95. The van der Waals surface area contributed by atoms with E-state index < -0.39 is 6.04 Å². The molecule has 1 heterocycles. The van der Waals surface area contributed by atoms with Crippen molar-refractivity contribution < 1.29 is 9.59 Å². The molecule has 0 bridgehead atoms. The highest BCUT2D eigenvalue weighted by atomic mass is 16.2. The molecule has 0 aromatic carbocycles. The number of carbonyl (C=O) groups excluding carboxylic acids is 2. The molecule has 0 unspecified atom stereocenters. The molecule has 1 fully saturated rings. The SMILES string of the molecule is NCCCC[C@H](NC(=O)C1CCCC1)C(=O)c1ccccn1. The molecule has 1 aromatic heterocycles. The number of rotatable bonds is 8. The number of hydrogen-bond acceptors (Lipinski definition) is 4. The van der Waals surface area contributed by atoms with Gasteiger partial charge in [0.1, 0.15) is 5.69 Å². The maximum absolute atomic E-state index is 12.6. The molecule has 0 aliphatic heterocycles. The average molecular weight is 303 g/mol. The predicted molar refractivity (Wildman–Crippen MR) is 85.4 cm³/mol. The fourth-order valence-electron chi connectivity index (χ4n) is 2.93. The Kier molecular flexibility index (Phi) is 6.52. The van der Waals surface area contributed by atoms with Gasteiger partial charge in [0, 0.05) is 12.1 Å². The molecule has 5 heteroatoms. The summed E-state index contributed by atoms with van der Waals surface area (Å²) in [5.41, 5.74) is 5.93. The molecule has 0 spiro atoms. The minimum absolute atomic E-state index is 0.0135. The highest BCUT2D eigenvalue weighted by molar-refractivity contribution is 6.00. The average Bonchev–Trinajstić information content (AvgIpc) is 3.09. The van der Waals surface area contributed by atoms with E-state index in [2.05, 4.69) is 10.3 Å². The standard InChI is InChI=1S/C17H25N3O2/c18-11-5-3-10-15(16(21)14-9-4-6-12-19-14)20-17(22)13-7-1-2-8-13/h4,6,9,12-13,15H,1-3,5,7-8,10-11,18H2,(H,20,22)/t15-/m0/s1. The third kappa shape index (κ3) is 4.63. The second-order valence-electron chi connectivity index (χ2n) is 5.91. The van der Waals surface area contributed by atoms with Crippen LogP contribution in [0.4, 0.5) is 0 Å². The van der Waals surface area contributed by atoms with Crippen molar-refractivity contribution in [2.24, 2.45) is 11.7 Å². The zero-order valence-electron chi connectivity index (χ0n) is 13.0. The third-order valence-corrected chi connectivity index (χ3v) is 4.22. The summed E-state index contributed by atoms with van der Waals surface area (Å²) in [4.78, 5) is 29.0. The summed E-state index contributed by atoms with van der Waals surface area (Å²) in [7, 11) is 0. The van der Waals surface area contributed by atoms with Gasteiger partial charge in [0.2, 0.25) is 11.7 Å². The Hall–Kier alpha value is -1.75. The Labute approximate surface area is 131 Å². The molecule has 1 saturated carbocycles. The lowest BCUT2D eigenvalue weighted by molar-refractivity contribution is -0.125. The Morgan fingerprint density at radius 1 is 1.27 bits per heavy atom. The van der Waals surface area contributed by atoms with Crippen LogP contribution in [0.3, 0.4) is 0 Å². The number of pyridine rings is 1. The van der Waals surface area contributed by atoms with E-state index in [1.807, 2.05) is 0 Å². The monoisotopic (exact) mass is 303 g/mol. The van der Waals surface area contributed by atoms with Gasteiger partial charge in [0.25, 0.3) is 0 Å². The van der Waals surface area contributed by atoms with Crippen molar-refractivity contribution in [3.05, 3.63) is 30.1 Å². The molecule has 0 radical (unpaired) electrons. The second kappa shape index (κ2) is 8.63. The van der Waals surface area contributed by atoms with Crippen LogP contribution in [0.15, 0.2) is 24.4 Å². The molecule has 3 N–H and O–H groups in total. The number of ketones is 1. The van der Waals surface area contributed by atoms with Crippen LogP contribution in [0.5, 0.6) is 0 Å². The number of aromatic nitrogens is 1. The van der Waals surface area contributed by atoms with Crippen LogP contribution in [0.2, 0.25) is 0 Å². The normalized spacial score (nSPS) is 16.4. The number of hydrogen-bond donors (Lipinski definition) is 2. The molecule has 2 rings (SSSR count). The molecule has 22 heavy (non-hydrogen) atoms. The lowest BCUT2D eigenvalue weighted by Gasteiger charge is -2.19. The van der Waals surface area contributed by atoms with Crippen LogP contribution in [-0.2, 0) is 4.79 Å². The molecule has 1 atom stereocenters. The number of Topliss-reactive ketones (excluding diaryl/α,β-unsaturated/α-hetero) is 1. The fourth-order valence-corrected chi connectivity index (χ4v) is 2.93. The highest BCUT2D eigenvalue weighted by Gasteiger charge is 2.28. The number of nitrogens with two attached hydrogens (primary N) is 1. The zero-order valence-corrected chi connectivity index (χ0v) is 13.0. The topological polar surface area (TPSA) is 85.1 Å². The number of nitrogens with one attached hydrogen (secondary N) is 1. The maximum atomic E-state index is 12.6. The van der Waals surface area contributed by atoms with Gasteiger partial charge in [-0.3, -0.25) is 14.6 Å². The molecule has 5 nitrogen and oxygen atoms in total. The Bertz CT molecular complexity index is 484. The first-order valence-corrected chi connectivity index (χ1v) is 8.18. The van der Waals surface area contributed by atoms with E-state index >= 15 is 0 Å². The summed E-state index contributed by atoms with van der Waals surface area (Å²) >= 11 is 0. The Morgan fingerprint density at radius 2 is 2.05 bits per heavy atom. The lowest BCUT2D eigenvalue weighted by Crippen LogP contribution is -2.43. The maximum Gasteiger partial charge on any atom is 0.223 e. The fraction of sp³-hybridized carbons (Fsp3) is 0.588. The van der Waals surface area contributed by atoms with Crippen molar-refractivity contribution in [3.8, 4) is 0 Å². The van der Waals surface area contributed by atoms with Gasteiger partial charge in [-0.1, -0.05) is 18.9 Å². The van der Waals surface area contributed by atoms with Gasteiger partial charge in [0.05, 0.1) is 6.04 Å². The van der Waals surface area contributed by atoms with Crippen molar-refractivity contribution in [1.29, 1.82) is 0 Å². The van der Waals surface area contributed by atoms with E-state index in [-0.39, 0.29) is 17.6 Å². The zero-order chi connectivity index (χ0) is 15.8. The molecule has 1 amide bonds. The van der Waals surface area contributed by atoms with Gasteiger partial charge in [-0.25, -0.2) is 0 Å². The molecular weight excluding hydrogens is 278 g/mol. The Balaban J connectivity index is 2.01. The van der Waals surface area contributed by atoms with Gasteiger partial charge < -0.3 is 11.1 Å². The second-order valence-corrected chi connectivity index (χ2v) is 5.91. The van der Waals surface area contributed by atoms with E-state index in [0.717, 1.165) is 38.5 Å². The minimum atomic E-state index is -0.491. The quantitative estimate of drug-likeness (QED) is 0.568. The van der Waals surface area contributed by atoms with E-state index in [1.165, 1.54) is 0 Å². The first-order chi connectivity index (χ1) is 10.7. The van der Waals surface area contributed by atoms with E-state index in [9.17, 15) is 9.59 Å². The number of nitrogens with zero attached hydrogens (tertiary/aromatic N) is 1. The van der Waals surface area contributed by atoms with Crippen molar-refractivity contribution in [2.45, 2.75) is 51.0 Å². The van der Waals surface area contributed by atoms with Gasteiger partial charge in [-0.15, -0.1) is 0 Å². The van der Waals surface area contributed by atoms with E-state index in [1.54, 1.807) is 24.4 Å². The summed E-state index contributed by atoms with van der Waals surface area (Å²) in [6.45, 7) is 0.598. The van der Waals surface area contributed by atoms with E-state index in [4.69, 9.17) is 5.73 Å². The molecule has 0 saturated heterocycles. The molecule has 1 aromatic rings. The number of amides is 1. The smallest absolute Gasteiger partial charge is 0.223 e.